The van der Waals surface area contributed by atoms with Gasteiger partial charge in [0.1, 0.15) is 6.10 Å². The van der Waals surface area contributed by atoms with Crippen LogP contribution < -0.4 is 15.2 Å². The molecule has 37 heavy (non-hydrogen) atoms. The summed E-state index contributed by atoms with van der Waals surface area (Å²) in [6.07, 6.45) is 3.09. The molecule has 0 radical (unpaired) electrons. The molecule has 190 valence electrons. The van der Waals surface area contributed by atoms with Crippen LogP contribution in [0.1, 0.15) is 38.7 Å². The van der Waals surface area contributed by atoms with E-state index in [1.807, 2.05) is 55.5 Å². The van der Waals surface area contributed by atoms with Crippen molar-refractivity contribution in [3.63, 3.8) is 0 Å². The predicted octanol–water partition coefficient (Wildman–Crippen LogP) is 6.33. The highest BCUT2D eigenvalue weighted by molar-refractivity contribution is 6.31. The van der Waals surface area contributed by atoms with E-state index < -0.39 is 12.1 Å². The summed E-state index contributed by atoms with van der Waals surface area (Å²) in [5.41, 5.74) is 11.8. The molecule has 0 spiro atoms. The van der Waals surface area contributed by atoms with Gasteiger partial charge in [-0.15, -0.1) is 0 Å². The lowest BCUT2D eigenvalue weighted by molar-refractivity contribution is 0.0296. The molecule has 1 atom stereocenters. The maximum absolute atomic E-state index is 13.3. The van der Waals surface area contributed by atoms with Crippen molar-refractivity contribution >= 4 is 17.6 Å². The lowest BCUT2D eigenvalue weighted by atomic mass is 9.98. The monoisotopic (exact) mass is 516 g/mol. The fraction of sp³-hybridized carbons (Fsp3) is 0.200. The number of pyridine rings is 1. The molecule has 0 saturated carbocycles. The van der Waals surface area contributed by atoms with Gasteiger partial charge in [-0.1, -0.05) is 48.0 Å². The van der Waals surface area contributed by atoms with Gasteiger partial charge in [-0.05, 0) is 70.6 Å². The van der Waals surface area contributed by atoms with Crippen LogP contribution >= 0.6 is 11.6 Å². The Bertz CT molecular complexity index is 1370. The predicted molar refractivity (Wildman–Crippen MR) is 145 cm³/mol. The lowest BCUT2D eigenvalue weighted by Crippen LogP contribution is -2.15. The van der Waals surface area contributed by atoms with Gasteiger partial charge in [0.2, 0.25) is 0 Å². The molecule has 3 aromatic carbocycles. The summed E-state index contributed by atoms with van der Waals surface area (Å²) in [5, 5.41) is 0.519. The Labute approximate surface area is 222 Å². The Hall–Kier alpha value is -3.87. The van der Waals surface area contributed by atoms with Crippen molar-refractivity contribution in [2.75, 3.05) is 14.2 Å². The van der Waals surface area contributed by atoms with Crippen molar-refractivity contribution in [2.24, 2.45) is 5.73 Å². The Kier molecular flexibility index (Phi) is 8.43. The van der Waals surface area contributed by atoms with E-state index in [1.165, 1.54) is 0 Å². The molecule has 0 bridgehead atoms. The highest BCUT2D eigenvalue weighted by Gasteiger charge is 2.23. The normalized spacial score (nSPS) is 11.6. The molecule has 0 aliphatic carbocycles. The minimum Gasteiger partial charge on any atom is -0.493 e. The second kappa shape index (κ2) is 11.9. The number of methoxy groups -OCH3 is 2. The average Bonchev–Trinajstić information content (AvgIpc) is 2.94. The molecule has 0 aliphatic heterocycles. The standard InChI is InChI=1S/C30H29ClN2O4/c1-19-17-33-18-26(31)25(19)15-28(24-11-12-27(35-2)29(14-24)36-3)37-30(34)22-9-7-21(8-10-22)23-6-4-5-20(13-23)16-32/h4-14,17-18,28H,15-16,32H2,1-3H3/t28-/m0/s1. The zero-order valence-electron chi connectivity index (χ0n) is 21.0. The zero-order chi connectivity index (χ0) is 26.4. The molecular weight excluding hydrogens is 488 g/mol. The number of carbonyl (C=O) groups is 1. The maximum Gasteiger partial charge on any atom is 0.338 e. The SMILES string of the molecule is COc1ccc([C@H](Cc2c(C)cncc2Cl)OC(=O)c2ccc(-c3cccc(CN)c3)cc2)cc1OC. The van der Waals surface area contributed by atoms with Crippen LogP contribution in [0.15, 0.2) is 79.1 Å². The van der Waals surface area contributed by atoms with Crippen molar-refractivity contribution in [2.45, 2.75) is 26.0 Å². The number of esters is 1. The molecule has 0 unspecified atom stereocenters. The van der Waals surface area contributed by atoms with Crippen molar-refractivity contribution in [1.29, 1.82) is 0 Å². The van der Waals surface area contributed by atoms with Crippen LogP contribution in [0.2, 0.25) is 5.02 Å². The Morgan fingerprint density at radius 2 is 1.70 bits per heavy atom. The van der Waals surface area contributed by atoms with Crippen molar-refractivity contribution < 1.29 is 19.0 Å². The zero-order valence-corrected chi connectivity index (χ0v) is 21.8. The number of benzene rings is 3. The summed E-state index contributed by atoms with van der Waals surface area (Å²) in [6.45, 7) is 2.40. The summed E-state index contributed by atoms with van der Waals surface area (Å²) in [4.78, 5) is 17.4. The third kappa shape index (κ3) is 6.10. The molecule has 0 fully saturated rings. The van der Waals surface area contributed by atoms with Gasteiger partial charge in [0.05, 0.1) is 24.8 Å². The number of nitrogens with zero attached hydrogens (tertiary/aromatic N) is 1. The second-order valence-electron chi connectivity index (χ2n) is 8.61. The van der Waals surface area contributed by atoms with Crippen molar-refractivity contribution in [3.8, 4) is 22.6 Å². The van der Waals surface area contributed by atoms with Crippen LogP contribution in [0.4, 0.5) is 0 Å². The lowest BCUT2D eigenvalue weighted by Gasteiger charge is -2.21. The first-order chi connectivity index (χ1) is 17.9. The Morgan fingerprint density at radius 1 is 0.946 bits per heavy atom. The smallest absolute Gasteiger partial charge is 0.338 e. The molecule has 7 heteroatoms. The molecule has 1 heterocycles. The number of carbonyl (C=O) groups excluding carboxylic acids is 1. The number of aryl methyl sites for hydroxylation is 1. The number of hydrogen-bond acceptors (Lipinski definition) is 6. The minimum atomic E-state index is -0.619. The summed E-state index contributed by atoms with van der Waals surface area (Å²) < 4.78 is 16.9. The molecule has 6 nitrogen and oxygen atoms in total. The first kappa shape index (κ1) is 26.2. The van der Waals surface area contributed by atoms with E-state index >= 15 is 0 Å². The molecular formula is C30H29ClN2O4. The number of rotatable bonds is 9. The summed E-state index contributed by atoms with van der Waals surface area (Å²) in [6, 6.07) is 20.8. The van der Waals surface area contributed by atoms with Gasteiger partial charge < -0.3 is 19.9 Å². The van der Waals surface area contributed by atoms with E-state index in [0.29, 0.717) is 35.1 Å². The van der Waals surface area contributed by atoms with E-state index in [0.717, 1.165) is 33.4 Å². The first-order valence-electron chi connectivity index (χ1n) is 11.8. The second-order valence-corrected chi connectivity index (χ2v) is 9.02. The van der Waals surface area contributed by atoms with Crippen LogP contribution in [-0.4, -0.2) is 25.2 Å². The van der Waals surface area contributed by atoms with Gasteiger partial charge in [-0.2, -0.15) is 0 Å². The fourth-order valence-electron chi connectivity index (χ4n) is 4.16. The number of aromatic nitrogens is 1. The number of nitrogens with two attached hydrogens (primary N) is 1. The van der Waals surface area contributed by atoms with Crippen LogP contribution in [0.5, 0.6) is 11.5 Å². The molecule has 2 N–H and O–H groups in total. The van der Waals surface area contributed by atoms with Crippen LogP contribution in [-0.2, 0) is 17.7 Å². The number of hydrogen-bond donors (Lipinski definition) is 1. The molecule has 4 aromatic rings. The van der Waals surface area contributed by atoms with E-state index in [9.17, 15) is 4.79 Å². The number of ether oxygens (including phenoxy) is 3. The fourth-order valence-corrected chi connectivity index (χ4v) is 4.44. The maximum atomic E-state index is 13.3. The molecule has 0 saturated heterocycles. The summed E-state index contributed by atoms with van der Waals surface area (Å²) in [7, 11) is 3.14. The largest absolute Gasteiger partial charge is 0.493 e. The Balaban J connectivity index is 1.63. The molecule has 0 aliphatic rings. The molecule has 0 amide bonds. The topological polar surface area (TPSA) is 83.7 Å². The first-order valence-corrected chi connectivity index (χ1v) is 12.2. The van der Waals surface area contributed by atoms with Gasteiger partial charge in [0.25, 0.3) is 0 Å². The third-order valence-electron chi connectivity index (χ3n) is 6.26. The summed E-state index contributed by atoms with van der Waals surface area (Å²) in [5.74, 6) is 0.691. The van der Waals surface area contributed by atoms with Gasteiger partial charge in [-0.25, -0.2) is 4.79 Å². The van der Waals surface area contributed by atoms with Gasteiger partial charge in [0.15, 0.2) is 11.5 Å². The Morgan fingerprint density at radius 3 is 2.38 bits per heavy atom. The molecule has 1 aromatic heterocycles. The summed E-state index contributed by atoms with van der Waals surface area (Å²) >= 11 is 6.46. The van der Waals surface area contributed by atoms with Gasteiger partial charge >= 0.3 is 5.97 Å². The minimum absolute atomic E-state index is 0.373. The third-order valence-corrected chi connectivity index (χ3v) is 6.58. The van der Waals surface area contributed by atoms with Gasteiger partial charge in [0, 0.05) is 25.4 Å². The highest BCUT2D eigenvalue weighted by Crippen LogP contribution is 2.34. The van der Waals surface area contributed by atoms with Crippen molar-refractivity contribution in [1.82, 2.24) is 4.98 Å². The van der Waals surface area contributed by atoms with Crippen LogP contribution in [0, 0.1) is 6.92 Å². The van der Waals surface area contributed by atoms with Crippen LogP contribution in [0.25, 0.3) is 11.1 Å². The number of halogens is 1. The quantitative estimate of drug-likeness (QED) is 0.262. The van der Waals surface area contributed by atoms with E-state index in [1.54, 1.807) is 44.8 Å². The van der Waals surface area contributed by atoms with Crippen molar-refractivity contribution in [3.05, 3.63) is 112 Å². The van der Waals surface area contributed by atoms with Crippen LogP contribution in [0.3, 0.4) is 0 Å². The van der Waals surface area contributed by atoms with E-state index in [2.05, 4.69) is 4.98 Å². The highest BCUT2D eigenvalue weighted by atomic mass is 35.5. The van der Waals surface area contributed by atoms with Gasteiger partial charge in [-0.3, -0.25) is 4.98 Å². The molecule has 4 rings (SSSR count). The average molecular weight is 517 g/mol. The van der Waals surface area contributed by atoms with E-state index in [-0.39, 0.29) is 0 Å². The van der Waals surface area contributed by atoms with E-state index in [4.69, 9.17) is 31.5 Å².